The molecule has 0 amide bonds. The van der Waals surface area contributed by atoms with Gasteiger partial charge in [-0.25, -0.2) is 0 Å². The van der Waals surface area contributed by atoms with Crippen LogP contribution >= 0.6 is 11.6 Å². The van der Waals surface area contributed by atoms with E-state index < -0.39 is 0 Å². The Labute approximate surface area is 109 Å². The number of aromatic nitrogens is 2. The molecule has 0 atom stereocenters. The van der Waals surface area contributed by atoms with Gasteiger partial charge in [0.2, 0.25) is 0 Å². The molecule has 0 spiro atoms. The van der Waals surface area contributed by atoms with Crippen LogP contribution in [0.4, 0.5) is 0 Å². The number of rotatable bonds is 1. The third-order valence-corrected chi connectivity index (χ3v) is 3.00. The number of H-pyrrole nitrogens is 1. The number of hydrogen-bond donors (Lipinski definition) is 1. The second-order valence-corrected chi connectivity index (χ2v) is 4.43. The standard InChI is InChI=1S/C14H8ClN3/c15-12-2-1-10-4-13(18-14(10)5-12)11-3-9(6-16)7-17-8-11/h1-5,7-8,18H. The highest BCUT2D eigenvalue weighted by molar-refractivity contribution is 6.31. The van der Waals surface area contributed by atoms with Crippen molar-refractivity contribution in [3.63, 3.8) is 0 Å². The number of nitriles is 1. The van der Waals surface area contributed by atoms with Gasteiger partial charge in [-0.1, -0.05) is 17.7 Å². The molecule has 1 aromatic carbocycles. The van der Waals surface area contributed by atoms with E-state index in [1.165, 1.54) is 0 Å². The SMILES string of the molecule is N#Cc1cncc(-c2cc3ccc(Cl)cc3[nH]2)c1. The predicted molar refractivity (Wildman–Crippen MR) is 71.3 cm³/mol. The van der Waals surface area contributed by atoms with Crippen LogP contribution in [0.2, 0.25) is 5.02 Å². The molecule has 0 aliphatic rings. The molecule has 0 saturated heterocycles. The van der Waals surface area contributed by atoms with Crippen LogP contribution in [-0.2, 0) is 0 Å². The quantitative estimate of drug-likeness (QED) is 0.718. The van der Waals surface area contributed by atoms with Crippen molar-refractivity contribution in [2.24, 2.45) is 0 Å². The lowest BCUT2D eigenvalue weighted by Gasteiger charge is -1.96. The van der Waals surface area contributed by atoms with Crippen LogP contribution in [-0.4, -0.2) is 9.97 Å². The minimum atomic E-state index is 0.546. The van der Waals surface area contributed by atoms with E-state index in [0.717, 1.165) is 22.2 Å². The molecule has 0 unspecified atom stereocenters. The molecule has 1 N–H and O–H groups in total. The van der Waals surface area contributed by atoms with Gasteiger partial charge < -0.3 is 4.98 Å². The Hall–Kier alpha value is -2.31. The maximum Gasteiger partial charge on any atom is 0.101 e. The molecule has 0 bridgehead atoms. The van der Waals surface area contributed by atoms with Crippen LogP contribution in [0, 0.1) is 11.3 Å². The summed E-state index contributed by atoms with van der Waals surface area (Å²) in [6.45, 7) is 0. The van der Waals surface area contributed by atoms with Crippen LogP contribution < -0.4 is 0 Å². The number of pyridine rings is 1. The molecule has 3 nitrogen and oxygen atoms in total. The van der Waals surface area contributed by atoms with Crippen molar-refractivity contribution in [2.45, 2.75) is 0 Å². The van der Waals surface area contributed by atoms with Gasteiger partial charge in [0.15, 0.2) is 0 Å². The Morgan fingerprint density at radius 3 is 2.89 bits per heavy atom. The number of nitrogens with zero attached hydrogens (tertiary/aromatic N) is 2. The van der Waals surface area contributed by atoms with Crippen molar-refractivity contribution >= 4 is 22.5 Å². The van der Waals surface area contributed by atoms with E-state index in [9.17, 15) is 0 Å². The summed E-state index contributed by atoms with van der Waals surface area (Å²) in [6, 6.07) is 11.6. The summed E-state index contributed by atoms with van der Waals surface area (Å²) < 4.78 is 0. The highest BCUT2D eigenvalue weighted by atomic mass is 35.5. The lowest BCUT2D eigenvalue weighted by atomic mass is 10.1. The lowest BCUT2D eigenvalue weighted by molar-refractivity contribution is 1.29. The van der Waals surface area contributed by atoms with Crippen molar-refractivity contribution in [1.82, 2.24) is 9.97 Å². The lowest BCUT2D eigenvalue weighted by Crippen LogP contribution is -1.82. The summed E-state index contributed by atoms with van der Waals surface area (Å²) in [5, 5.41) is 10.6. The number of halogens is 1. The van der Waals surface area contributed by atoms with Crippen molar-refractivity contribution in [2.75, 3.05) is 0 Å². The molecule has 0 fully saturated rings. The summed E-state index contributed by atoms with van der Waals surface area (Å²) in [5.74, 6) is 0. The smallest absolute Gasteiger partial charge is 0.101 e. The summed E-state index contributed by atoms with van der Waals surface area (Å²) in [6.07, 6.45) is 3.27. The van der Waals surface area contributed by atoms with Crippen LogP contribution in [0.3, 0.4) is 0 Å². The first-order valence-corrected chi connectivity index (χ1v) is 5.78. The second-order valence-electron chi connectivity index (χ2n) is 3.99. The van der Waals surface area contributed by atoms with Gasteiger partial charge in [-0.2, -0.15) is 5.26 Å². The predicted octanol–water partition coefficient (Wildman–Crippen LogP) is 3.75. The van der Waals surface area contributed by atoms with Crippen LogP contribution in [0.5, 0.6) is 0 Å². The normalized spacial score (nSPS) is 10.4. The van der Waals surface area contributed by atoms with Gasteiger partial charge in [0.25, 0.3) is 0 Å². The first kappa shape index (κ1) is 10.8. The summed E-state index contributed by atoms with van der Waals surface area (Å²) >= 11 is 5.95. The van der Waals surface area contributed by atoms with Crippen molar-refractivity contribution < 1.29 is 0 Å². The fourth-order valence-electron chi connectivity index (χ4n) is 1.90. The molecule has 0 radical (unpaired) electrons. The molecule has 4 heteroatoms. The molecule has 86 valence electrons. The first-order chi connectivity index (χ1) is 8.76. The average Bonchev–Trinajstić information content (AvgIpc) is 2.81. The minimum Gasteiger partial charge on any atom is -0.354 e. The van der Waals surface area contributed by atoms with Gasteiger partial charge in [-0.15, -0.1) is 0 Å². The highest BCUT2D eigenvalue weighted by Gasteiger charge is 2.05. The minimum absolute atomic E-state index is 0.546. The molecule has 0 aliphatic heterocycles. The molecule has 18 heavy (non-hydrogen) atoms. The molecule has 0 saturated carbocycles. The van der Waals surface area contributed by atoms with E-state index in [4.69, 9.17) is 16.9 Å². The number of fused-ring (bicyclic) bond motifs is 1. The van der Waals surface area contributed by atoms with E-state index in [0.29, 0.717) is 10.6 Å². The van der Waals surface area contributed by atoms with Gasteiger partial charge in [-0.3, -0.25) is 4.98 Å². The number of benzene rings is 1. The maximum atomic E-state index is 8.87. The summed E-state index contributed by atoms with van der Waals surface area (Å²) in [7, 11) is 0. The molecular weight excluding hydrogens is 246 g/mol. The molecule has 2 aromatic heterocycles. The van der Waals surface area contributed by atoms with Crippen LogP contribution in [0.15, 0.2) is 42.7 Å². The second kappa shape index (κ2) is 4.17. The zero-order chi connectivity index (χ0) is 12.5. The van der Waals surface area contributed by atoms with Crippen LogP contribution in [0.25, 0.3) is 22.2 Å². The number of nitrogens with one attached hydrogen (secondary N) is 1. The molecular formula is C14H8ClN3. The highest BCUT2D eigenvalue weighted by Crippen LogP contribution is 2.26. The largest absolute Gasteiger partial charge is 0.354 e. The summed E-state index contributed by atoms with van der Waals surface area (Å²) in [5.41, 5.74) is 3.34. The molecule has 0 aliphatic carbocycles. The van der Waals surface area contributed by atoms with Crippen molar-refractivity contribution in [1.29, 1.82) is 5.26 Å². The molecule has 2 heterocycles. The zero-order valence-electron chi connectivity index (χ0n) is 9.31. The van der Waals surface area contributed by atoms with E-state index in [2.05, 4.69) is 16.0 Å². The average molecular weight is 254 g/mol. The Morgan fingerprint density at radius 1 is 1.17 bits per heavy atom. The van der Waals surface area contributed by atoms with Gasteiger partial charge in [0.05, 0.1) is 5.56 Å². The number of hydrogen-bond acceptors (Lipinski definition) is 2. The third kappa shape index (κ3) is 1.83. The fourth-order valence-corrected chi connectivity index (χ4v) is 2.08. The van der Waals surface area contributed by atoms with E-state index >= 15 is 0 Å². The Balaban J connectivity index is 2.16. The monoisotopic (exact) mass is 253 g/mol. The van der Waals surface area contributed by atoms with Gasteiger partial charge in [-0.05, 0) is 24.3 Å². The third-order valence-electron chi connectivity index (χ3n) is 2.76. The molecule has 3 rings (SSSR count). The van der Waals surface area contributed by atoms with Crippen molar-refractivity contribution in [3.05, 3.63) is 53.3 Å². The Morgan fingerprint density at radius 2 is 2.06 bits per heavy atom. The Kier molecular flexibility index (Phi) is 2.51. The van der Waals surface area contributed by atoms with Crippen molar-refractivity contribution in [3.8, 4) is 17.3 Å². The van der Waals surface area contributed by atoms with E-state index in [1.807, 2.05) is 24.3 Å². The van der Waals surface area contributed by atoms with E-state index in [-0.39, 0.29) is 0 Å². The van der Waals surface area contributed by atoms with Gasteiger partial charge in [0.1, 0.15) is 6.07 Å². The topological polar surface area (TPSA) is 52.5 Å². The van der Waals surface area contributed by atoms with Gasteiger partial charge >= 0.3 is 0 Å². The van der Waals surface area contributed by atoms with Crippen LogP contribution in [0.1, 0.15) is 5.56 Å². The van der Waals surface area contributed by atoms with Gasteiger partial charge in [0, 0.05) is 39.6 Å². The maximum absolute atomic E-state index is 8.87. The van der Waals surface area contributed by atoms with E-state index in [1.54, 1.807) is 18.5 Å². The molecule has 3 aromatic rings. The fraction of sp³-hybridized carbons (Fsp3) is 0. The summed E-state index contributed by atoms with van der Waals surface area (Å²) in [4.78, 5) is 7.32. The first-order valence-electron chi connectivity index (χ1n) is 5.40. The Bertz CT molecular complexity index is 768. The zero-order valence-corrected chi connectivity index (χ0v) is 10.1. The number of aromatic amines is 1.